The van der Waals surface area contributed by atoms with Crippen LogP contribution >= 0.6 is 0 Å². The highest BCUT2D eigenvalue weighted by Crippen LogP contribution is 2.08. The van der Waals surface area contributed by atoms with Gasteiger partial charge in [0, 0.05) is 12.1 Å². The van der Waals surface area contributed by atoms with Crippen molar-refractivity contribution in [3.05, 3.63) is 35.9 Å². The Balaban J connectivity index is 2.70. The Morgan fingerprint density at radius 3 is 2.56 bits per heavy atom. The highest BCUT2D eigenvalue weighted by atomic mass is 16.2. The number of ketones is 1. The first kappa shape index (κ1) is 13.9. The van der Waals surface area contributed by atoms with Gasteiger partial charge in [-0.3, -0.25) is 9.59 Å². The summed E-state index contributed by atoms with van der Waals surface area (Å²) in [5.74, 6) is -2.23. The van der Waals surface area contributed by atoms with E-state index < -0.39 is 17.6 Å². The van der Waals surface area contributed by atoms with Crippen LogP contribution in [-0.2, 0) is 4.79 Å². The predicted octanol–water partition coefficient (Wildman–Crippen LogP) is 1.93. The number of hydrogen-bond donors (Lipinski definition) is 1. The molecule has 0 aliphatic carbocycles. The van der Waals surface area contributed by atoms with Crippen molar-refractivity contribution in [3.63, 3.8) is 0 Å². The second-order valence-electron chi connectivity index (χ2n) is 3.94. The van der Waals surface area contributed by atoms with Crippen LogP contribution < -0.4 is 5.32 Å². The van der Waals surface area contributed by atoms with E-state index in [4.69, 9.17) is 5.26 Å². The van der Waals surface area contributed by atoms with Crippen LogP contribution in [0.4, 0.5) is 0 Å². The number of hydrogen-bond acceptors (Lipinski definition) is 3. The summed E-state index contributed by atoms with van der Waals surface area (Å²) in [7, 11) is 0. The lowest BCUT2D eigenvalue weighted by atomic mass is 9.98. The molecule has 0 saturated heterocycles. The van der Waals surface area contributed by atoms with Crippen molar-refractivity contribution in [1.82, 2.24) is 5.32 Å². The summed E-state index contributed by atoms with van der Waals surface area (Å²) in [6.07, 6.45) is 1.79. The van der Waals surface area contributed by atoms with E-state index in [1.165, 1.54) is 0 Å². The van der Waals surface area contributed by atoms with Crippen LogP contribution in [0.5, 0.6) is 0 Å². The Bertz CT molecular complexity index is 449. The Morgan fingerprint density at radius 2 is 2.00 bits per heavy atom. The van der Waals surface area contributed by atoms with E-state index in [1.807, 2.05) is 6.92 Å². The minimum Gasteiger partial charge on any atom is -0.355 e. The van der Waals surface area contributed by atoms with Crippen molar-refractivity contribution in [2.24, 2.45) is 5.92 Å². The number of unbranched alkanes of at least 4 members (excludes halogenated alkanes) is 1. The molecule has 0 aromatic heterocycles. The largest absolute Gasteiger partial charge is 0.355 e. The standard InChI is InChI=1S/C14H16N2O2/c1-2-3-9-16-14(18)12(10-15)13(17)11-7-5-4-6-8-11/h4-8,12H,2-3,9H2,1H3,(H,16,18). The summed E-state index contributed by atoms with van der Waals surface area (Å²) in [5.41, 5.74) is 0.384. The lowest BCUT2D eigenvalue weighted by molar-refractivity contribution is -0.122. The van der Waals surface area contributed by atoms with E-state index in [9.17, 15) is 9.59 Å². The van der Waals surface area contributed by atoms with Crippen molar-refractivity contribution in [3.8, 4) is 6.07 Å². The van der Waals surface area contributed by atoms with Gasteiger partial charge in [0.25, 0.3) is 0 Å². The van der Waals surface area contributed by atoms with Crippen LogP contribution in [0.1, 0.15) is 30.1 Å². The number of nitriles is 1. The monoisotopic (exact) mass is 244 g/mol. The highest BCUT2D eigenvalue weighted by molar-refractivity contribution is 6.12. The SMILES string of the molecule is CCCCNC(=O)C(C#N)C(=O)c1ccccc1. The summed E-state index contributed by atoms with van der Waals surface area (Å²) >= 11 is 0. The number of carbonyl (C=O) groups excluding carboxylic acids is 2. The second kappa shape index (κ2) is 7.23. The maximum Gasteiger partial charge on any atom is 0.245 e. The van der Waals surface area contributed by atoms with Gasteiger partial charge in [-0.05, 0) is 6.42 Å². The Kier molecular flexibility index (Phi) is 5.59. The molecule has 1 atom stereocenters. The third kappa shape index (κ3) is 3.70. The van der Waals surface area contributed by atoms with Gasteiger partial charge in [0.15, 0.2) is 11.7 Å². The molecule has 0 fully saturated rings. The number of nitrogens with zero attached hydrogens (tertiary/aromatic N) is 1. The van der Waals surface area contributed by atoms with Crippen molar-refractivity contribution >= 4 is 11.7 Å². The molecule has 0 aliphatic heterocycles. The molecule has 4 nitrogen and oxygen atoms in total. The van der Waals surface area contributed by atoms with Crippen molar-refractivity contribution in [2.45, 2.75) is 19.8 Å². The highest BCUT2D eigenvalue weighted by Gasteiger charge is 2.26. The maximum absolute atomic E-state index is 12.0. The van der Waals surface area contributed by atoms with Gasteiger partial charge in [0.1, 0.15) is 0 Å². The molecule has 1 aromatic rings. The average molecular weight is 244 g/mol. The molecule has 1 N–H and O–H groups in total. The van der Waals surface area contributed by atoms with Crippen molar-refractivity contribution in [1.29, 1.82) is 5.26 Å². The molecule has 0 saturated carbocycles. The van der Waals surface area contributed by atoms with E-state index in [2.05, 4.69) is 5.32 Å². The van der Waals surface area contributed by atoms with Gasteiger partial charge < -0.3 is 5.32 Å². The summed E-state index contributed by atoms with van der Waals surface area (Å²) in [6.45, 7) is 2.50. The maximum atomic E-state index is 12.0. The second-order valence-corrected chi connectivity index (χ2v) is 3.94. The van der Waals surface area contributed by atoms with E-state index >= 15 is 0 Å². The molecule has 18 heavy (non-hydrogen) atoms. The van der Waals surface area contributed by atoms with Crippen molar-refractivity contribution in [2.75, 3.05) is 6.54 Å². The van der Waals surface area contributed by atoms with E-state index in [0.717, 1.165) is 12.8 Å². The van der Waals surface area contributed by atoms with Gasteiger partial charge in [-0.2, -0.15) is 5.26 Å². The average Bonchev–Trinajstić information content (AvgIpc) is 2.41. The topological polar surface area (TPSA) is 70.0 Å². The first-order valence-corrected chi connectivity index (χ1v) is 5.97. The van der Waals surface area contributed by atoms with Gasteiger partial charge in [-0.15, -0.1) is 0 Å². The fourth-order valence-corrected chi connectivity index (χ4v) is 1.50. The zero-order valence-corrected chi connectivity index (χ0v) is 10.3. The molecule has 0 bridgehead atoms. The molecule has 1 unspecified atom stereocenters. The lowest BCUT2D eigenvalue weighted by Gasteiger charge is -2.09. The van der Waals surface area contributed by atoms with E-state index in [-0.39, 0.29) is 0 Å². The minimum absolute atomic E-state index is 0.384. The molecule has 1 amide bonds. The molecule has 0 heterocycles. The number of nitrogens with one attached hydrogen (secondary N) is 1. The van der Waals surface area contributed by atoms with E-state index in [0.29, 0.717) is 12.1 Å². The third-order valence-corrected chi connectivity index (χ3v) is 2.54. The van der Waals surface area contributed by atoms with Gasteiger partial charge in [-0.25, -0.2) is 0 Å². The predicted molar refractivity (Wildman–Crippen MR) is 67.8 cm³/mol. The molecule has 0 aliphatic rings. The Labute approximate surface area is 107 Å². The molecule has 0 radical (unpaired) electrons. The van der Waals surface area contributed by atoms with Gasteiger partial charge in [0.2, 0.25) is 5.91 Å². The smallest absolute Gasteiger partial charge is 0.245 e. The number of benzene rings is 1. The molecular formula is C14H16N2O2. The van der Waals surface area contributed by atoms with Gasteiger partial charge in [-0.1, -0.05) is 43.7 Å². The first-order chi connectivity index (χ1) is 8.70. The Hall–Kier alpha value is -2.15. The van der Waals surface area contributed by atoms with Crippen LogP contribution in [0, 0.1) is 17.2 Å². The quantitative estimate of drug-likeness (QED) is 0.472. The van der Waals surface area contributed by atoms with Crippen LogP contribution in [0.3, 0.4) is 0 Å². The van der Waals surface area contributed by atoms with Crippen LogP contribution in [0.2, 0.25) is 0 Å². The minimum atomic E-state index is -1.26. The third-order valence-electron chi connectivity index (χ3n) is 2.54. The molecule has 4 heteroatoms. The molecule has 94 valence electrons. The van der Waals surface area contributed by atoms with Gasteiger partial charge in [0.05, 0.1) is 6.07 Å². The Morgan fingerprint density at radius 1 is 1.33 bits per heavy atom. The lowest BCUT2D eigenvalue weighted by Crippen LogP contribution is -2.35. The molecule has 1 rings (SSSR count). The number of rotatable bonds is 6. The number of carbonyl (C=O) groups is 2. The zero-order chi connectivity index (χ0) is 13.4. The molecular weight excluding hydrogens is 228 g/mol. The number of Topliss-reactive ketones (excluding diaryl/α,β-unsaturated/α-hetero) is 1. The molecule has 1 aromatic carbocycles. The van der Waals surface area contributed by atoms with Crippen LogP contribution in [0.15, 0.2) is 30.3 Å². The summed E-state index contributed by atoms with van der Waals surface area (Å²) < 4.78 is 0. The normalized spacial score (nSPS) is 11.3. The van der Waals surface area contributed by atoms with Crippen LogP contribution in [0.25, 0.3) is 0 Å². The summed E-state index contributed by atoms with van der Waals surface area (Å²) in [6, 6.07) is 10.2. The zero-order valence-electron chi connectivity index (χ0n) is 10.3. The van der Waals surface area contributed by atoms with Crippen LogP contribution in [-0.4, -0.2) is 18.2 Å². The summed E-state index contributed by atoms with van der Waals surface area (Å²) in [5, 5.41) is 11.6. The fourth-order valence-electron chi connectivity index (χ4n) is 1.50. The first-order valence-electron chi connectivity index (χ1n) is 5.97. The summed E-state index contributed by atoms with van der Waals surface area (Å²) in [4.78, 5) is 23.7. The van der Waals surface area contributed by atoms with Crippen molar-refractivity contribution < 1.29 is 9.59 Å². The number of amides is 1. The molecule has 0 spiro atoms. The van der Waals surface area contributed by atoms with Gasteiger partial charge >= 0.3 is 0 Å². The fraction of sp³-hybridized carbons (Fsp3) is 0.357. The van der Waals surface area contributed by atoms with E-state index in [1.54, 1.807) is 36.4 Å².